The maximum absolute atomic E-state index is 12.1. The van der Waals surface area contributed by atoms with Crippen LogP contribution >= 0.6 is 0 Å². The van der Waals surface area contributed by atoms with E-state index >= 15 is 0 Å². The molecular weight excluding hydrogens is 268 g/mol. The molecule has 116 valence electrons. The van der Waals surface area contributed by atoms with E-state index in [0.717, 1.165) is 31.7 Å². The summed E-state index contributed by atoms with van der Waals surface area (Å²) in [6.45, 7) is 4.61. The fraction of sp³-hybridized carbons (Fsp3) is 0.562. The molecule has 0 unspecified atom stereocenters. The van der Waals surface area contributed by atoms with E-state index in [1.165, 1.54) is 0 Å². The fourth-order valence-electron chi connectivity index (χ4n) is 2.44. The van der Waals surface area contributed by atoms with Crippen LogP contribution in [0.3, 0.4) is 0 Å². The highest BCUT2D eigenvalue weighted by atomic mass is 16.5. The third-order valence-electron chi connectivity index (χ3n) is 3.75. The van der Waals surface area contributed by atoms with Gasteiger partial charge in [0.1, 0.15) is 11.5 Å². The first kappa shape index (κ1) is 15.6. The Morgan fingerprint density at radius 3 is 2.33 bits per heavy atom. The van der Waals surface area contributed by atoms with Gasteiger partial charge < -0.3 is 19.7 Å². The lowest BCUT2D eigenvalue weighted by Gasteiger charge is -2.31. The number of carbonyl (C=O) groups excluding carboxylic acids is 1. The quantitative estimate of drug-likeness (QED) is 0.866. The molecule has 5 nitrogen and oxygen atoms in total. The summed E-state index contributed by atoms with van der Waals surface area (Å²) < 4.78 is 10.9. The van der Waals surface area contributed by atoms with Crippen molar-refractivity contribution in [2.45, 2.75) is 25.8 Å². The van der Waals surface area contributed by atoms with Crippen LogP contribution in [0.2, 0.25) is 0 Å². The van der Waals surface area contributed by atoms with Gasteiger partial charge in [-0.3, -0.25) is 4.79 Å². The van der Waals surface area contributed by atoms with Gasteiger partial charge in [-0.2, -0.15) is 0 Å². The predicted molar refractivity (Wildman–Crippen MR) is 81.8 cm³/mol. The molecule has 0 aliphatic carbocycles. The molecule has 0 radical (unpaired) electrons. The summed E-state index contributed by atoms with van der Waals surface area (Å²) in [4.78, 5) is 14.0. The van der Waals surface area contributed by atoms with Crippen LogP contribution in [0.5, 0.6) is 11.5 Å². The summed E-state index contributed by atoms with van der Waals surface area (Å²) >= 11 is 0. The smallest absolute Gasteiger partial charge is 0.260 e. The number of nitrogens with zero attached hydrogens (tertiary/aromatic N) is 1. The first-order valence-electron chi connectivity index (χ1n) is 7.52. The summed E-state index contributed by atoms with van der Waals surface area (Å²) in [6.07, 6.45) is 2.01. The van der Waals surface area contributed by atoms with Gasteiger partial charge in [0.2, 0.25) is 0 Å². The van der Waals surface area contributed by atoms with Crippen LogP contribution in [-0.2, 0) is 4.79 Å². The molecule has 0 aromatic heterocycles. The van der Waals surface area contributed by atoms with Crippen LogP contribution in [-0.4, -0.2) is 50.2 Å². The van der Waals surface area contributed by atoms with Gasteiger partial charge in [0.15, 0.2) is 6.61 Å². The maximum Gasteiger partial charge on any atom is 0.260 e. The maximum atomic E-state index is 12.1. The number of benzene rings is 1. The summed E-state index contributed by atoms with van der Waals surface area (Å²) in [5, 5.41) is 3.30. The molecule has 0 spiro atoms. The topological polar surface area (TPSA) is 50.8 Å². The lowest BCUT2D eigenvalue weighted by molar-refractivity contribution is -0.134. The number of hydrogen-bond donors (Lipinski definition) is 1. The van der Waals surface area contributed by atoms with Crippen molar-refractivity contribution in [3.8, 4) is 11.5 Å². The monoisotopic (exact) mass is 292 g/mol. The molecule has 21 heavy (non-hydrogen) atoms. The molecule has 1 fully saturated rings. The van der Waals surface area contributed by atoms with Crippen molar-refractivity contribution in [1.29, 1.82) is 0 Å². The van der Waals surface area contributed by atoms with Crippen LogP contribution in [0.1, 0.15) is 19.8 Å². The van der Waals surface area contributed by atoms with Crippen LogP contribution in [0.4, 0.5) is 0 Å². The molecule has 1 amide bonds. The number of ether oxygens (including phenoxy) is 2. The highest BCUT2D eigenvalue weighted by molar-refractivity contribution is 5.77. The molecule has 1 saturated heterocycles. The van der Waals surface area contributed by atoms with E-state index in [2.05, 4.69) is 5.32 Å². The predicted octanol–water partition coefficient (Wildman–Crippen LogP) is 1.67. The van der Waals surface area contributed by atoms with Gasteiger partial charge in [-0.15, -0.1) is 0 Å². The van der Waals surface area contributed by atoms with Gasteiger partial charge in [-0.1, -0.05) is 0 Å². The van der Waals surface area contributed by atoms with E-state index in [4.69, 9.17) is 9.47 Å². The Morgan fingerprint density at radius 1 is 1.19 bits per heavy atom. The van der Waals surface area contributed by atoms with E-state index in [-0.39, 0.29) is 12.5 Å². The highest BCUT2D eigenvalue weighted by Crippen LogP contribution is 2.18. The summed E-state index contributed by atoms with van der Waals surface area (Å²) in [6, 6.07) is 7.66. The second kappa shape index (κ2) is 7.88. The van der Waals surface area contributed by atoms with Gasteiger partial charge in [0.25, 0.3) is 5.91 Å². The molecule has 1 aromatic rings. The van der Waals surface area contributed by atoms with Gasteiger partial charge in [-0.25, -0.2) is 0 Å². The van der Waals surface area contributed by atoms with Gasteiger partial charge >= 0.3 is 0 Å². The van der Waals surface area contributed by atoms with Gasteiger partial charge in [0.05, 0.1) is 6.61 Å². The Bertz CT molecular complexity index is 441. The molecule has 1 aromatic carbocycles. The number of rotatable bonds is 6. The van der Waals surface area contributed by atoms with Crippen molar-refractivity contribution in [1.82, 2.24) is 10.2 Å². The highest BCUT2D eigenvalue weighted by Gasteiger charge is 2.21. The molecule has 5 heteroatoms. The number of likely N-dealkylation sites (N-methyl/N-ethyl adjacent to an activating group) is 1. The van der Waals surface area contributed by atoms with Crippen LogP contribution in [0.25, 0.3) is 0 Å². The molecule has 0 atom stereocenters. The minimum Gasteiger partial charge on any atom is -0.494 e. The molecule has 1 heterocycles. The average molecular weight is 292 g/mol. The lowest BCUT2D eigenvalue weighted by Crippen LogP contribution is -2.45. The van der Waals surface area contributed by atoms with Crippen molar-refractivity contribution in [3.63, 3.8) is 0 Å². The number of carbonyl (C=O) groups is 1. The van der Waals surface area contributed by atoms with Crippen LogP contribution in [0.15, 0.2) is 24.3 Å². The number of amides is 1. The Labute approximate surface area is 126 Å². The summed E-state index contributed by atoms with van der Waals surface area (Å²) in [7, 11) is 1.86. The first-order valence-corrected chi connectivity index (χ1v) is 7.52. The van der Waals surface area contributed by atoms with E-state index in [0.29, 0.717) is 18.4 Å². The molecule has 0 saturated carbocycles. The number of piperidine rings is 1. The largest absolute Gasteiger partial charge is 0.494 e. The van der Waals surface area contributed by atoms with Crippen LogP contribution in [0, 0.1) is 0 Å². The Kier molecular flexibility index (Phi) is 5.87. The zero-order chi connectivity index (χ0) is 15.1. The van der Waals surface area contributed by atoms with E-state index < -0.39 is 0 Å². The number of hydrogen-bond acceptors (Lipinski definition) is 4. The second-order valence-corrected chi connectivity index (χ2v) is 5.18. The van der Waals surface area contributed by atoms with Crippen molar-refractivity contribution >= 4 is 5.91 Å². The number of nitrogens with one attached hydrogen (secondary N) is 1. The fourth-order valence-corrected chi connectivity index (χ4v) is 2.44. The van der Waals surface area contributed by atoms with E-state index in [9.17, 15) is 4.79 Å². The Hall–Kier alpha value is -1.75. The molecule has 2 rings (SSSR count). The third kappa shape index (κ3) is 4.63. The lowest BCUT2D eigenvalue weighted by atomic mass is 10.1. The first-order chi connectivity index (χ1) is 10.2. The van der Waals surface area contributed by atoms with Gasteiger partial charge in [-0.05, 0) is 57.1 Å². The molecule has 1 aliphatic heterocycles. The summed E-state index contributed by atoms with van der Waals surface area (Å²) in [5.41, 5.74) is 0. The third-order valence-corrected chi connectivity index (χ3v) is 3.75. The van der Waals surface area contributed by atoms with Crippen molar-refractivity contribution in [3.05, 3.63) is 24.3 Å². The molecule has 0 bridgehead atoms. The normalized spacial score (nSPS) is 15.5. The second-order valence-electron chi connectivity index (χ2n) is 5.18. The van der Waals surface area contributed by atoms with Crippen LogP contribution < -0.4 is 14.8 Å². The minimum absolute atomic E-state index is 0.0239. The Morgan fingerprint density at radius 2 is 1.76 bits per heavy atom. The SMILES string of the molecule is CCOc1ccc(OCC(=O)N(C)C2CCNCC2)cc1. The Balaban J connectivity index is 1.79. The molecule has 1 aliphatic rings. The van der Waals surface area contributed by atoms with E-state index in [1.54, 1.807) is 0 Å². The zero-order valence-electron chi connectivity index (χ0n) is 12.8. The molecule has 1 N–H and O–H groups in total. The van der Waals surface area contributed by atoms with Crippen molar-refractivity contribution in [2.24, 2.45) is 0 Å². The summed E-state index contributed by atoms with van der Waals surface area (Å²) in [5.74, 6) is 1.52. The molecular formula is C16H24N2O3. The zero-order valence-corrected chi connectivity index (χ0v) is 12.8. The van der Waals surface area contributed by atoms with Crippen molar-refractivity contribution < 1.29 is 14.3 Å². The standard InChI is InChI=1S/C16H24N2O3/c1-3-20-14-4-6-15(7-5-14)21-12-16(19)18(2)13-8-10-17-11-9-13/h4-7,13,17H,3,8-12H2,1-2H3. The van der Waals surface area contributed by atoms with E-state index in [1.807, 2.05) is 43.1 Å². The van der Waals surface area contributed by atoms with Crippen molar-refractivity contribution in [2.75, 3.05) is 33.4 Å². The van der Waals surface area contributed by atoms with Gasteiger partial charge in [0, 0.05) is 13.1 Å². The minimum atomic E-state index is 0.0239. The average Bonchev–Trinajstić information content (AvgIpc) is 2.54.